The summed E-state index contributed by atoms with van der Waals surface area (Å²) in [6.07, 6.45) is 14.1. The molecule has 0 rings (SSSR count). The molecule has 0 aromatic heterocycles. The van der Waals surface area contributed by atoms with Crippen LogP contribution in [0.5, 0.6) is 0 Å². The summed E-state index contributed by atoms with van der Waals surface area (Å²) in [6, 6.07) is 0. The zero-order chi connectivity index (χ0) is 8.36. The Morgan fingerprint density at radius 2 is 1.82 bits per heavy atom. The molecule has 0 fully saturated rings. The predicted octanol–water partition coefficient (Wildman–Crippen LogP) is 3.64. The van der Waals surface area contributed by atoms with E-state index >= 15 is 0 Å². The second-order valence-corrected chi connectivity index (χ2v) is 3.53. The third kappa shape index (κ3) is 10.4. The van der Waals surface area contributed by atoms with Gasteiger partial charge in [-0.05, 0) is 0 Å². The van der Waals surface area contributed by atoms with Crippen molar-refractivity contribution in [2.24, 2.45) is 0 Å². The van der Waals surface area contributed by atoms with Crippen molar-refractivity contribution in [2.75, 3.05) is 0 Å². The van der Waals surface area contributed by atoms with Gasteiger partial charge in [0.25, 0.3) is 0 Å². The van der Waals surface area contributed by atoms with Gasteiger partial charge in [-0.3, -0.25) is 0 Å². The van der Waals surface area contributed by atoms with E-state index in [9.17, 15) is 0 Å². The summed E-state index contributed by atoms with van der Waals surface area (Å²) in [5.41, 5.74) is 0. The molecule has 0 aromatic carbocycles. The van der Waals surface area contributed by atoms with Crippen LogP contribution in [0.3, 0.4) is 0 Å². The molecule has 0 heterocycles. The van der Waals surface area contributed by atoms with Crippen molar-refractivity contribution in [1.29, 1.82) is 0 Å². The maximum absolute atomic E-state index is 2.29. The van der Waals surface area contributed by atoms with Crippen molar-refractivity contribution in [3.05, 3.63) is 24.3 Å². The molecular formula is C10H17Zr. The molecule has 0 atom stereocenters. The van der Waals surface area contributed by atoms with Crippen LogP contribution in [0.15, 0.2) is 24.3 Å². The molecule has 11 heavy (non-hydrogen) atoms. The van der Waals surface area contributed by atoms with E-state index in [1.54, 1.807) is 24.7 Å². The SMILES string of the molecule is CCCC/C=C/C/C=C/[CH2][Zr]. The van der Waals surface area contributed by atoms with Crippen molar-refractivity contribution in [3.8, 4) is 0 Å². The topological polar surface area (TPSA) is 0 Å². The summed E-state index contributed by atoms with van der Waals surface area (Å²) in [4.78, 5) is 0. The van der Waals surface area contributed by atoms with Gasteiger partial charge in [0.1, 0.15) is 0 Å². The first kappa shape index (κ1) is 11.4. The monoisotopic (exact) mass is 227 g/mol. The van der Waals surface area contributed by atoms with Gasteiger partial charge in [-0.1, -0.05) is 0 Å². The molecule has 0 aliphatic carbocycles. The van der Waals surface area contributed by atoms with Crippen molar-refractivity contribution < 1.29 is 24.7 Å². The summed E-state index contributed by atoms with van der Waals surface area (Å²) in [5.74, 6) is 0. The number of unbranched alkanes of at least 4 members (excludes halogenated alkanes) is 2. The third-order valence-corrected chi connectivity index (χ3v) is 2.03. The van der Waals surface area contributed by atoms with E-state index < -0.39 is 0 Å². The Morgan fingerprint density at radius 3 is 2.45 bits per heavy atom. The van der Waals surface area contributed by atoms with Crippen LogP contribution in [-0.2, 0) is 24.7 Å². The van der Waals surface area contributed by atoms with Crippen molar-refractivity contribution >= 4 is 0 Å². The first-order valence-electron chi connectivity index (χ1n) is 4.36. The van der Waals surface area contributed by atoms with Gasteiger partial charge in [0, 0.05) is 0 Å². The van der Waals surface area contributed by atoms with Crippen LogP contribution in [0.25, 0.3) is 0 Å². The van der Waals surface area contributed by atoms with Crippen LogP contribution in [0.1, 0.15) is 32.6 Å². The fourth-order valence-electron chi connectivity index (χ4n) is 0.794. The second-order valence-electron chi connectivity index (χ2n) is 2.52. The molecule has 0 bridgehead atoms. The summed E-state index contributed by atoms with van der Waals surface area (Å²) < 4.78 is 1.25. The minimum atomic E-state index is 1.12. The Bertz CT molecular complexity index is 114. The van der Waals surface area contributed by atoms with Gasteiger partial charge in [-0.2, -0.15) is 0 Å². The van der Waals surface area contributed by atoms with E-state index in [1.807, 2.05) is 0 Å². The number of rotatable bonds is 6. The molecule has 0 amide bonds. The molecule has 0 unspecified atom stereocenters. The number of hydrogen-bond donors (Lipinski definition) is 0. The Kier molecular flexibility index (Phi) is 10.7. The summed E-state index contributed by atoms with van der Waals surface area (Å²) >= 11 is 1.60. The molecule has 0 spiro atoms. The van der Waals surface area contributed by atoms with E-state index in [1.165, 1.54) is 23.4 Å². The van der Waals surface area contributed by atoms with E-state index in [4.69, 9.17) is 0 Å². The molecule has 0 radical (unpaired) electrons. The van der Waals surface area contributed by atoms with Gasteiger partial charge in [-0.25, -0.2) is 0 Å². The Hall–Kier alpha value is 0.363. The van der Waals surface area contributed by atoms with Crippen LogP contribution < -0.4 is 0 Å². The predicted molar refractivity (Wildman–Crippen MR) is 47.2 cm³/mol. The molecule has 0 saturated carbocycles. The molecule has 0 aliphatic rings. The van der Waals surface area contributed by atoms with Gasteiger partial charge in [0.05, 0.1) is 0 Å². The van der Waals surface area contributed by atoms with Crippen LogP contribution in [-0.4, -0.2) is 0 Å². The minimum absolute atomic E-state index is 1.12. The first-order chi connectivity index (χ1) is 5.41. The molecule has 0 aromatic rings. The summed E-state index contributed by atoms with van der Waals surface area (Å²) in [5, 5.41) is 0. The van der Waals surface area contributed by atoms with Gasteiger partial charge in [-0.15, -0.1) is 0 Å². The first-order valence-corrected chi connectivity index (χ1v) is 6.10. The van der Waals surface area contributed by atoms with Crippen LogP contribution in [0, 0.1) is 0 Å². The van der Waals surface area contributed by atoms with E-state index in [2.05, 4.69) is 31.2 Å². The molecule has 0 nitrogen and oxygen atoms in total. The standard InChI is InChI=1S/C10H17.Zr/c1-3-5-7-9-10-8-6-4-2;/h3,5,9-10H,1,4,6-8H2,2H3;/b5-3+,10-9+;. The maximum atomic E-state index is 2.29. The van der Waals surface area contributed by atoms with Crippen molar-refractivity contribution in [3.63, 3.8) is 0 Å². The Labute approximate surface area is 85.6 Å². The van der Waals surface area contributed by atoms with Crippen LogP contribution in [0.4, 0.5) is 0 Å². The van der Waals surface area contributed by atoms with Crippen molar-refractivity contribution in [2.45, 2.75) is 36.7 Å². The average molecular weight is 228 g/mol. The zero-order valence-corrected chi connectivity index (χ0v) is 9.80. The zero-order valence-electron chi connectivity index (χ0n) is 7.34. The normalized spacial score (nSPS) is 11.6. The summed E-state index contributed by atoms with van der Waals surface area (Å²) in [7, 11) is 0. The number of allylic oxidation sites excluding steroid dienone is 4. The van der Waals surface area contributed by atoms with Crippen LogP contribution in [0.2, 0.25) is 4.13 Å². The quantitative estimate of drug-likeness (QED) is 0.481. The molecule has 1 heteroatoms. The molecular weight excluding hydrogens is 211 g/mol. The molecule has 0 saturated heterocycles. The average Bonchev–Trinajstić information content (AvgIpc) is 2.03. The Morgan fingerprint density at radius 1 is 1.09 bits per heavy atom. The third-order valence-electron chi connectivity index (χ3n) is 1.45. The second kappa shape index (κ2) is 10.4. The fourth-order valence-corrected chi connectivity index (χ4v) is 1.20. The van der Waals surface area contributed by atoms with Gasteiger partial charge in [0.2, 0.25) is 0 Å². The Balaban J connectivity index is 3.09. The van der Waals surface area contributed by atoms with Gasteiger partial charge < -0.3 is 0 Å². The van der Waals surface area contributed by atoms with E-state index in [0.29, 0.717) is 0 Å². The molecule has 0 N–H and O–H groups in total. The van der Waals surface area contributed by atoms with Crippen molar-refractivity contribution in [1.82, 2.24) is 0 Å². The fraction of sp³-hybridized carbons (Fsp3) is 0.600. The van der Waals surface area contributed by atoms with Crippen LogP contribution >= 0.6 is 0 Å². The van der Waals surface area contributed by atoms with Gasteiger partial charge in [0.15, 0.2) is 0 Å². The van der Waals surface area contributed by atoms with Gasteiger partial charge >= 0.3 is 85.8 Å². The number of hydrogen-bond acceptors (Lipinski definition) is 0. The molecule has 0 aliphatic heterocycles. The van der Waals surface area contributed by atoms with E-state index in [0.717, 1.165) is 6.42 Å². The summed E-state index contributed by atoms with van der Waals surface area (Å²) in [6.45, 7) is 2.23. The molecule has 61 valence electrons. The van der Waals surface area contributed by atoms with E-state index in [-0.39, 0.29) is 0 Å².